The molecule has 0 aliphatic heterocycles. The number of benzene rings is 1. The molecule has 1 rings (SSSR count). The van der Waals surface area contributed by atoms with Gasteiger partial charge in [0.15, 0.2) is 0 Å². The number of nitrogens with two attached hydrogens (primary N) is 1. The van der Waals surface area contributed by atoms with Crippen LogP contribution in [0.3, 0.4) is 0 Å². The number of hydrogen-bond acceptors (Lipinski definition) is 2. The lowest BCUT2D eigenvalue weighted by Crippen LogP contribution is -2.45. The molecule has 0 bridgehead atoms. The van der Waals surface area contributed by atoms with Crippen LogP contribution in [0, 0.1) is 5.41 Å². The van der Waals surface area contributed by atoms with Gasteiger partial charge in [0.1, 0.15) is 0 Å². The van der Waals surface area contributed by atoms with Crippen molar-refractivity contribution in [2.45, 2.75) is 52.7 Å². The minimum atomic E-state index is 0.0894. The zero-order valence-corrected chi connectivity index (χ0v) is 12.1. The van der Waals surface area contributed by atoms with Crippen molar-refractivity contribution in [3.8, 4) is 0 Å². The molecule has 2 unspecified atom stereocenters. The van der Waals surface area contributed by atoms with E-state index >= 15 is 0 Å². The average Bonchev–Trinajstić information content (AvgIpc) is 2.33. The Labute approximate surface area is 112 Å². The Kier molecular flexibility index (Phi) is 5.83. The first kappa shape index (κ1) is 15.2. The van der Waals surface area contributed by atoms with Gasteiger partial charge in [0.05, 0.1) is 12.7 Å². The van der Waals surface area contributed by atoms with Gasteiger partial charge >= 0.3 is 0 Å². The Morgan fingerprint density at radius 3 is 2.28 bits per heavy atom. The van der Waals surface area contributed by atoms with Crippen LogP contribution < -0.4 is 5.73 Å². The lowest BCUT2D eigenvalue weighted by molar-refractivity contribution is -0.0328. The normalized spacial score (nSPS) is 15.4. The van der Waals surface area contributed by atoms with Gasteiger partial charge in [-0.25, -0.2) is 0 Å². The van der Waals surface area contributed by atoms with Gasteiger partial charge < -0.3 is 10.5 Å². The molecule has 1 aromatic rings. The zero-order valence-electron chi connectivity index (χ0n) is 12.1. The van der Waals surface area contributed by atoms with Crippen molar-refractivity contribution in [3.63, 3.8) is 0 Å². The maximum atomic E-state index is 6.16. The van der Waals surface area contributed by atoms with E-state index in [1.165, 1.54) is 5.56 Å². The van der Waals surface area contributed by atoms with Crippen molar-refractivity contribution in [3.05, 3.63) is 35.9 Å². The quantitative estimate of drug-likeness (QED) is 0.838. The summed E-state index contributed by atoms with van der Waals surface area (Å²) in [7, 11) is 0. The van der Waals surface area contributed by atoms with Gasteiger partial charge in [0.25, 0.3) is 0 Å². The van der Waals surface area contributed by atoms with Crippen LogP contribution in [0.1, 0.15) is 39.7 Å². The molecule has 2 atom stereocenters. The van der Waals surface area contributed by atoms with Crippen molar-refractivity contribution in [2.24, 2.45) is 11.1 Å². The van der Waals surface area contributed by atoms with Crippen LogP contribution in [0.15, 0.2) is 30.3 Å². The predicted molar refractivity (Wildman–Crippen MR) is 77.6 cm³/mol. The summed E-state index contributed by atoms with van der Waals surface area (Å²) >= 11 is 0. The molecule has 1 aromatic carbocycles. The van der Waals surface area contributed by atoms with Gasteiger partial charge in [-0.1, -0.05) is 58.0 Å². The van der Waals surface area contributed by atoms with Crippen LogP contribution in [0.2, 0.25) is 0 Å². The largest absolute Gasteiger partial charge is 0.376 e. The average molecular weight is 249 g/mol. The summed E-state index contributed by atoms with van der Waals surface area (Å²) in [5.41, 5.74) is 7.56. The van der Waals surface area contributed by atoms with Gasteiger partial charge in [-0.2, -0.15) is 0 Å². The van der Waals surface area contributed by atoms with Gasteiger partial charge in [-0.05, 0) is 23.8 Å². The fourth-order valence-corrected chi connectivity index (χ4v) is 2.18. The second-order valence-corrected chi connectivity index (χ2v) is 5.97. The first-order valence-corrected chi connectivity index (χ1v) is 6.86. The number of rotatable bonds is 6. The second kappa shape index (κ2) is 6.91. The van der Waals surface area contributed by atoms with Crippen LogP contribution in [0.25, 0.3) is 0 Å². The molecule has 0 saturated carbocycles. The fraction of sp³-hybridized carbons (Fsp3) is 0.625. The maximum Gasteiger partial charge on any atom is 0.0774 e. The lowest BCUT2D eigenvalue weighted by atomic mass is 9.84. The molecule has 0 saturated heterocycles. The van der Waals surface area contributed by atoms with E-state index in [0.29, 0.717) is 0 Å². The molecule has 0 radical (unpaired) electrons. The van der Waals surface area contributed by atoms with Crippen molar-refractivity contribution in [1.29, 1.82) is 0 Å². The van der Waals surface area contributed by atoms with E-state index in [2.05, 4.69) is 52.0 Å². The minimum absolute atomic E-state index is 0.0894. The molecule has 2 heteroatoms. The standard InChI is InChI=1S/C16H27NO/c1-5-14(17)15(16(2,3)4)18-12-11-13-9-7-6-8-10-13/h6-10,14-15H,5,11-12,17H2,1-4H3. The molecule has 0 heterocycles. The molecule has 2 N–H and O–H groups in total. The summed E-state index contributed by atoms with van der Waals surface area (Å²) in [4.78, 5) is 0. The van der Waals surface area contributed by atoms with E-state index < -0.39 is 0 Å². The monoisotopic (exact) mass is 249 g/mol. The third-order valence-corrected chi connectivity index (χ3v) is 3.24. The highest BCUT2D eigenvalue weighted by atomic mass is 16.5. The summed E-state index contributed by atoms with van der Waals surface area (Å²) in [6.07, 6.45) is 2.02. The van der Waals surface area contributed by atoms with E-state index in [4.69, 9.17) is 10.5 Å². The van der Waals surface area contributed by atoms with Gasteiger partial charge in [-0.3, -0.25) is 0 Å². The summed E-state index contributed by atoms with van der Waals surface area (Å²) in [6, 6.07) is 10.5. The molecular formula is C16H27NO. The topological polar surface area (TPSA) is 35.2 Å². The molecule has 0 spiro atoms. The van der Waals surface area contributed by atoms with Gasteiger partial charge in [0.2, 0.25) is 0 Å². The Morgan fingerprint density at radius 1 is 1.17 bits per heavy atom. The SMILES string of the molecule is CCC(N)C(OCCc1ccccc1)C(C)(C)C. The van der Waals surface area contributed by atoms with Crippen LogP contribution in [0.4, 0.5) is 0 Å². The fourth-order valence-electron chi connectivity index (χ4n) is 2.18. The minimum Gasteiger partial charge on any atom is -0.376 e. The van der Waals surface area contributed by atoms with Crippen molar-refractivity contribution in [2.75, 3.05) is 6.61 Å². The smallest absolute Gasteiger partial charge is 0.0774 e. The summed E-state index contributed by atoms with van der Waals surface area (Å²) in [5, 5.41) is 0. The summed E-state index contributed by atoms with van der Waals surface area (Å²) in [6.45, 7) is 9.42. The molecule has 0 amide bonds. The zero-order chi connectivity index (χ0) is 13.6. The molecule has 18 heavy (non-hydrogen) atoms. The van der Waals surface area contributed by atoms with E-state index in [-0.39, 0.29) is 17.6 Å². The van der Waals surface area contributed by atoms with E-state index in [0.717, 1.165) is 19.4 Å². The van der Waals surface area contributed by atoms with E-state index in [1.807, 2.05) is 6.07 Å². The third-order valence-electron chi connectivity index (χ3n) is 3.24. The Balaban J connectivity index is 2.48. The first-order valence-electron chi connectivity index (χ1n) is 6.86. The van der Waals surface area contributed by atoms with Crippen LogP contribution in [0.5, 0.6) is 0 Å². The maximum absolute atomic E-state index is 6.16. The summed E-state index contributed by atoms with van der Waals surface area (Å²) < 4.78 is 6.04. The molecule has 0 aliphatic carbocycles. The van der Waals surface area contributed by atoms with Crippen molar-refractivity contribution >= 4 is 0 Å². The second-order valence-electron chi connectivity index (χ2n) is 5.97. The van der Waals surface area contributed by atoms with Crippen molar-refractivity contribution < 1.29 is 4.74 Å². The third kappa shape index (κ3) is 4.79. The number of ether oxygens (including phenoxy) is 1. The molecule has 2 nitrogen and oxygen atoms in total. The van der Waals surface area contributed by atoms with Gasteiger partial charge in [-0.15, -0.1) is 0 Å². The first-order chi connectivity index (χ1) is 8.45. The molecular weight excluding hydrogens is 222 g/mol. The van der Waals surface area contributed by atoms with Crippen LogP contribution in [-0.4, -0.2) is 18.8 Å². The molecule has 0 aliphatic rings. The molecule has 0 aromatic heterocycles. The highest BCUT2D eigenvalue weighted by Crippen LogP contribution is 2.25. The highest BCUT2D eigenvalue weighted by molar-refractivity contribution is 5.14. The summed E-state index contributed by atoms with van der Waals surface area (Å²) in [5.74, 6) is 0. The lowest BCUT2D eigenvalue weighted by Gasteiger charge is -2.34. The van der Waals surface area contributed by atoms with E-state index in [1.54, 1.807) is 0 Å². The molecule has 102 valence electrons. The highest BCUT2D eigenvalue weighted by Gasteiger charge is 2.29. The van der Waals surface area contributed by atoms with Crippen LogP contribution >= 0.6 is 0 Å². The molecule has 0 fully saturated rings. The van der Waals surface area contributed by atoms with Crippen LogP contribution in [-0.2, 0) is 11.2 Å². The Morgan fingerprint density at radius 2 is 1.78 bits per heavy atom. The van der Waals surface area contributed by atoms with Crippen molar-refractivity contribution in [1.82, 2.24) is 0 Å². The number of hydrogen-bond donors (Lipinski definition) is 1. The van der Waals surface area contributed by atoms with Gasteiger partial charge in [0, 0.05) is 6.04 Å². The predicted octanol–water partition coefficient (Wildman–Crippen LogP) is 3.40. The Hall–Kier alpha value is -0.860. The Bertz CT molecular complexity index is 329. The van der Waals surface area contributed by atoms with E-state index in [9.17, 15) is 0 Å².